The molecule has 0 saturated carbocycles. The van der Waals surface area contributed by atoms with Crippen LogP contribution in [0.25, 0.3) is 11.3 Å². The molecule has 0 spiro atoms. The van der Waals surface area contributed by atoms with Crippen molar-refractivity contribution in [3.8, 4) is 11.3 Å². The third-order valence-corrected chi connectivity index (χ3v) is 5.09. The first-order chi connectivity index (χ1) is 13.1. The highest BCUT2D eigenvalue weighted by molar-refractivity contribution is 7.98. The van der Waals surface area contributed by atoms with Gasteiger partial charge in [0.2, 0.25) is 5.91 Å². The summed E-state index contributed by atoms with van der Waals surface area (Å²) in [6.07, 6.45) is 2.01. The smallest absolute Gasteiger partial charge is 0.267 e. The molecule has 0 unspecified atom stereocenters. The third kappa shape index (κ3) is 4.99. The molecule has 1 amide bonds. The molecule has 3 rings (SSSR count). The molecule has 0 atom stereocenters. The lowest BCUT2D eigenvalue weighted by molar-refractivity contribution is -0.122. The topological polar surface area (TPSA) is 64.0 Å². The molecule has 1 aromatic heterocycles. The molecule has 27 heavy (non-hydrogen) atoms. The number of thioether (sulfide) groups is 1. The lowest BCUT2D eigenvalue weighted by Crippen LogP contribution is -2.33. The summed E-state index contributed by atoms with van der Waals surface area (Å²) in [5.74, 6) is -0.306. The third-order valence-electron chi connectivity index (χ3n) is 3.98. The molecule has 0 fully saturated rings. The van der Waals surface area contributed by atoms with Crippen molar-refractivity contribution in [2.24, 2.45) is 0 Å². The number of carbonyl (C=O) groups is 1. The number of carbonyl (C=O) groups excluding carboxylic acids is 1. The van der Waals surface area contributed by atoms with Gasteiger partial charge < -0.3 is 5.32 Å². The van der Waals surface area contributed by atoms with E-state index in [2.05, 4.69) is 10.4 Å². The summed E-state index contributed by atoms with van der Waals surface area (Å²) in [5.41, 5.74) is 2.02. The van der Waals surface area contributed by atoms with Crippen molar-refractivity contribution in [3.05, 3.63) is 81.6 Å². The van der Waals surface area contributed by atoms with Crippen molar-refractivity contribution < 1.29 is 4.79 Å². The summed E-state index contributed by atoms with van der Waals surface area (Å²) < 4.78 is 1.17. The number of amides is 1. The van der Waals surface area contributed by atoms with Crippen LogP contribution < -0.4 is 10.9 Å². The SMILES string of the molecule is CSc1ccc(-c2ccc(=O)n(CC(=O)NCc3ccccc3Cl)n2)cc1. The van der Waals surface area contributed by atoms with Gasteiger partial charge in [-0.05, 0) is 36.1 Å². The van der Waals surface area contributed by atoms with Gasteiger partial charge in [-0.15, -0.1) is 11.8 Å². The molecule has 1 N–H and O–H groups in total. The molecule has 0 radical (unpaired) electrons. The number of benzene rings is 2. The predicted octanol–water partition coefficient (Wildman–Crippen LogP) is 3.60. The molecular weight excluding hydrogens is 382 g/mol. The van der Waals surface area contributed by atoms with Gasteiger partial charge in [-0.1, -0.05) is 41.9 Å². The standard InChI is InChI=1S/C20H18ClN3O2S/c1-27-16-8-6-14(7-9-16)18-10-11-20(26)24(23-18)13-19(25)22-12-15-4-2-3-5-17(15)21/h2-11H,12-13H2,1H3,(H,22,25). The van der Waals surface area contributed by atoms with Crippen molar-refractivity contribution in [3.63, 3.8) is 0 Å². The fourth-order valence-corrected chi connectivity index (χ4v) is 3.12. The first-order valence-corrected chi connectivity index (χ1v) is 9.90. The van der Waals surface area contributed by atoms with Gasteiger partial charge in [0.05, 0.1) is 5.69 Å². The van der Waals surface area contributed by atoms with E-state index in [0.29, 0.717) is 17.3 Å². The minimum atomic E-state index is -0.327. The Bertz CT molecular complexity index is 1000. The maximum Gasteiger partial charge on any atom is 0.267 e. The summed E-state index contributed by atoms with van der Waals surface area (Å²) in [6, 6.07) is 18.2. The fraction of sp³-hybridized carbons (Fsp3) is 0.150. The Morgan fingerprint density at radius 2 is 1.85 bits per heavy atom. The van der Waals surface area contributed by atoms with Crippen molar-refractivity contribution in [2.45, 2.75) is 18.0 Å². The van der Waals surface area contributed by atoms with Gasteiger partial charge in [-0.3, -0.25) is 9.59 Å². The molecule has 7 heteroatoms. The second-order valence-electron chi connectivity index (χ2n) is 5.81. The maximum atomic E-state index is 12.2. The maximum absolute atomic E-state index is 12.2. The zero-order chi connectivity index (χ0) is 19.2. The Hall–Kier alpha value is -2.57. The Labute approximate surface area is 166 Å². The van der Waals surface area contributed by atoms with Gasteiger partial charge in [0, 0.05) is 28.1 Å². The summed E-state index contributed by atoms with van der Waals surface area (Å²) in [4.78, 5) is 25.4. The number of hydrogen-bond acceptors (Lipinski definition) is 4. The fourth-order valence-electron chi connectivity index (χ4n) is 2.51. The van der Waals surface area contributed by atoms with Gasteiger partial charge in [-0.2, -0.15) is 5.10 Å². The Morgan fingerprint density at radius 3 is 2.56 bits per heavy atom. The number of hydrogen-bond donors (Lipinski definition) is 1. The average molecular weight is 400 g/mol. The van der Waals surface area contributed by atoms with Gasteiger partial charge in [0.1, 0.15) is 6.54 Å². The number of aromatic nitrogens is 2. The quantitative estimate of drug-likeness (QED) is 0.643. The Morgan fingerprint density at radius 1 is 1.11 bits per heavy atom. The normalized spacial score (nSPS) is 10.6. The van der Waals surface area contributed by atoms with Crippen LogP contribution in [0.5, 0.6) is 0 Å². The highest BCUT2D eigenvalue weighted by Gasteiger charge is 2.09. The van der Waals surface area contributed by atoms with Crippen molar-refractivity contribution in [2.75, 3.05) is 6.26 Å². The minimum absolute atomic E-state index is 0.153. The molecule has 0 aliphatic rings. The molecule has 3 aromatic rings. The summed E-state index contributed by atoms with van der Waals surface area (Å²) >= 11 is 7.74. The van der Waals surface area contributed by atoms with E-state index in [1.807, 2.05) is 48.7 Å². The van der Waals surface area contributed by atoms with Crippen LogP contribution in [0.3, 0.4) is 0 Å². The molecule has 0 aliphatic carbocycles. The second-order valence-corrected chi connectivity index (χ2v) is 7.10. The van der Waals surface area contributed by atoms with Crippen molar-refractivity contribution in [1.29, 1.82) is 0 Å². The van der Waals surface area contributed by atoms with Crippen LogP contribution in [0, 0.1) is 0 Å². The van der Waals surface area contributed by atoms with Gasteiger partial charge >= 0.3 is 0 Å². The van der Waals surface area contributed by atoms with Crippen LogP contribution in [0.2, 0.25) is 5.02 Å². The van der Waals surface area contributed by atoms with Crippen LogP contribution in [0.1, 0.15) is 5.56 Å². The molecule has 5 nitrogen and oxygen atoms in total. The zero-order valence-corrected chi connectivity index (χ0v) is 16.3. The first kappa shape index (κ1) is 19.2. The van der Waals surface area contributed by atoms with Crippen LogP contribution in [-0.2, 0) is 17.9 Å². The Kier molecular flexibility index (Phi) is 6.32. The number of nitrogens with one attached hydrogen (secondary N) is 1. The largest absolute Gasteiger partial charge is 0.350 e. The van der Waals surface area contributed by atoms with Crippen molar-refractivity contribution in [1.82, 2.24) is 15.1 Å². The highest BCUT2D eigenvalue weighted by Crippen LogP contribution is 2.20. The number of halogens is 1. The highest BCUT2D eigenvalue weighted by atomic mass is 35.5. The Balaban J connectivity index is 1.71. The predicted molar refractivity (Wildman–Crippen MR) is 109 cm³/mol. The molecule has 0 bridgehead atoms. The van der Waals surface area contributed by atoms with Crippen LogP contribution in [0.15, 0.2) is 70.4 Å². The van der Waals surface area contributed by atoms with Gasteiger partial charge in [0.25, 0.3) is 5.56 Å². The van der Waals surface area contributed by atoms with E-state index in [1.54, 1.807) is 23.9 Å². The lowest BCUT2D eigenvalue weighted by atomic mass is 10.1. The summed E-state index contributed by atoms with van der Waals surface area (Å²) in [5, 5.41) is 7.67. The monoisotopic (exact) mass is 399 g/mol. The molecular formula is C20H18ClN3O2S. The van der Waals surface area contributed by atoms with E-state index in [9.17, 15) is 9.59 Å². The van der Waals surface area contributed by atoms with E-state index in [0.717, 1.165) is 16.0 Å². The molecule has 1 heterocycles. The summed E-state index contributed by atoms with van der Waals surface area (Å²) in [7, 11) is 0. The molecule has 2 aromatic carbocycles. The zero-order valence-electron chi connectivity index (χ0n) is 14.7. The van der Waals surface area contributed by atoms with Crippen LogP contribution in [-0.4, -0.2) is 21.9 Å². The average Bonchev–Trinajstić information content (AvgIpc) is 2.69. The van der Waals surface area contributed by atoms with Gasteiger partial charge in [-0.25, -0.2) is 4.68 Å². The number of rotatable bonds is 6. The number of nitrogens with zero attached hydrogens (tertiary/aromatic N) is 2. The lowest BCUT2D eigenvalue weighted by Gasteiger charge is -2.09. The van der Waals surface area contributed by atoms with Crippen LogP contribution >= 0.6 is 23.4 Å². The summed E-state index contributed by atoms with van der Waals surface area (Å²) in [6.45, 7) is 0.142. The second kappa shape index (κ2) is 8.88. The van der Waals surface area contributed by atoms with Gasteiger partial charge in [0.15, 0.2) is 0 Å². The van der Waals surface area contributed by atoms with E-state index in [1.165, 1.54) is 10.7 Å². The molecule has 138 valence electrons. The van der Waals surface area contributed by atoms with E-state index < -0.39 is 0 Å². The van der Waals surface area contributed by atoms with Crippen LogP contribution in [0.4, 0.5) is 0 Å². The molecule has 0 saturated heterocycles. The molecule has 0 aliphatic heterocycles. The minimum Gasteiger partial charge on any atom is -0.350 e. The van der Waals surface area contributed by atoms with Crippen molar-refractivity contribution >= 4 is 29.3 Å². The van der Waals surface area contributed by atoms with E-state index >= 15 is 0 Å². The first-order valence-electron chi connectivity index (χ1n) is 8.29. The van der Waals surface area contributed by atoms with E-state index in [4.69, 9.17) is 11.6 Å². The van der Waals surface area contributed by atoms with E-state index in [-0.39, 0.29) is 18.0 Å².